The van der Waals surface area contributed by atoms with Crippen LogP contribution in [0.1, 0.15) is 47.5 Å². The van der Waals surface area contributed by atoms with Crippen LogP contribution in [-0.2, 0) is 0 Å². The summed E-state index contributed by atoms with van der Waals surface area (Å²) in [5, 5.41) is 0. The Bertz CT molecular complexity index is 189. The fourth-order valence-electron chi connectivity index (χ4n) is 1.10. The summed E-state index contributed by atoms with van der Waals surface area (Å²) in [5.41, 5.74) is 0. The van der Waals surface area contributed by atoms with Gasteiger partial charge < -0.3 is 0 Å². The van der Waals surface area contributed by atoms with Crippen molar-refractivity contribution < 1.29 is 4.58 Å². The minimum absolute atomic E-state index is 0.666. The summed E-state index contributed by atoms with van der Waals surface area (Å²) in [6.45, 7) is 12.3. The van der Waals surface area contributed by atoms with Crippen molar-refractivity contribution in [1.29, 1.82) is 0 Å². The molecule has 0 spiro atoms. The molecule has 0 aromatic carbocycles. The monoisotopic (exact) mass is 196 g/mol. The highest BCUT2D eigenvalue weighted by molar-refractivity contribution is 5.47. The molecule has 0 saturated heterocycles. The average Bonchev–Trinajstić information content (AvgIpc) is 2.17. The molecule has 0 saturated carbocycles. The number of unbranched alkanes of at least 4 members (excludes halogenated alkanes) is 1. The first-order valence-electron chi connectivity index (χ1n) is 5.85. The maximum Gasteiger partial charge on any atom is 0.164 e. The van der Waals surface area contributed by atoms with Crippen LogP contribution >= 0.6 is 0 Å². The molecule has 0 amide bonds. The Kier molecular flexibility index (Phi) is 7.45. The smallest absolute Gasteiger partial charge is 0.164 e. The Hall–Kier alpha value is -0.590. The van der Waals surface area contributed by atoms with Gasteiger partial charge in [-0.2, -0.15) is 0 Å². The van der Waals surface area contributed by atoms with E-state index in [0.29, 0.717) is 5.92 Å². The van der Waals surface area contributed by atoms with Gasteiger partial charge in [-0.1, -0.05) is 34.1 Å². The van der Waals surface area contributed by atoms with Gasteiger partial charge in [-0.05, 0) is 17.9 Å². The first kappa shape index (κ1) is 13.4. The van der Waals surface area contributed by atoms with E-state index in [1.165, 1.54) is 12.8 Å². The molecule has 0 aliphatic carbocycles. The summed E-state index contributed by atoms with van der Waals surface area (Å²) in [7, 11) is 0. The van der Waals surface area contributed by atoms with E-state index < -0.39 is 0 Å². The summed E-state index contributed by atoms with van der Waals surface area (Å²) < 4.78 is 2.28. The van der Waals surface area contributed by atoms with E-state index in [4.69, 9.17) is 0 Å². The molecule has 82 valence electrons. The largest absolute Gasteiger partial charge is 0.209 e. The van der Waals surface area contributed by atoms with Crippen LogP contribution in [0.3, 0.4) is 0 Å². The van der Waals surface area contributed by atoms with E-state index >= 15 is 0 Å². The topological polar surface area (TPSA) is 3.01 Å². The van der Waals surface area contributed by atoms with Gasteiger partial charge in [0.2, 0.25) is 0 Å². The first-order valence-corrected chi connectivity index (χ1v) is 5.85. The maximum absolute atomic E-state index is 2.31. The molecule has 0 bridgehead atoms. The van der Waals surface area contributed by atoms with Crippen molar-refractivity contribution in [2.24, 2.45) is 11.8 Å². The van der Waals surface area contributed by atoms with Crippen LogP contribution in [0.2, 0.25) is 0 Å². The Balaban J connectivity index is 4.05. The highest BCUT2D eigenvalue weighted by Crippen LogP contribution is 2.10. The number of hydrogen-bond donors (Lipinski definition) is 0. The molecule has 14 heavy (non-hydrogen) atoms. The van der Waals surface area contributed by atoms with Crippen molar-refractivity contribution in [3.63, 3.8) is 0 Å². The number of nitrogens with zero attached hydrogens (tertiary/aromatic N) is 1. The lowest BCUT2D eigenvalue weighted by Crippen LogP contribution is -2.08. The quantitative estimate of drug-likeness (QED) is 0.450. The molecule has 0 rings (SSSR count). The molecule has 0 aliphatic rings. The fraction of sp³-hybridized carbons (Fsp3) is 0.769. The lowest BCUT2D eigenvalue weighted by molar-refractivity contribution is -0.453. The van der Waals surface area contributed by atoms with Gasteiger partial charge in [0.05, 0.1) is 0 Å². The molecule has 0 radical (unpaired) electrons. The van der Waals surface area contributed by atoms with Crippen LogP contribution in [0, 0.1) is 11.8 Å². The highest BCUT2D eigenvalue weighted by atomic mass is 15.0. The van der Waals surface area contributed by atoms with E-state index in [9.17, 15) is 0 Å². The van der Waals surface area contributed by atoms with Crippen LogP contribution in [0.15, 0.2) is 12.3 Å². The minimum Gasteiger partial charge on any atom is -0.209 e. The molecular formula is C13H26N+. The molecule has 1 heteroatoms. The van der Waals surface area contributed by atoms with Crippen LogP contribution < -0.4 is 0 Å². The number of hydrogen-bond acceptors (Lipinski definition) is 0. The van der Waals surface area contributed by atoms with Crippen LogP contribution in [-0.4, -0.2) is 17.3 Å². The van der Waals surface area contributed by atoms with Crippen molar-refractivity contribution in [3.05, 3.63) is 12.3 Å². The van der Waals surface area contributed by atoms with Crippen LogP contribution in [0.25, 0.3) is 0 Å². The Morgan fingerprint density at radius 2 is 1.86 bits per heavy atom. The van der Waals surface area contributed by atoms with Crippen molar-refractivity contribution >= 4 is 6.21 Å². The minimum atomic E-state index is 0.666. The zero-order chi connectivity index (χ0) is 11.0. The summed E-state index contributed by atoms with van der Waals surface area (Å²) in [6.07, 6.45) is 9.21. The zero-order valence-corrected chi connectivity index (χ0v) is 10.5. The standard InChI is InChI=1S/C13H26N/c1-6-8-10-14(7-2)11-9-13(5)12(3)4/h7,9,11-13H,6,8,10H2,1-5H3/q+1/b11-9-,14-7?. The van der Waals surface area contributed by atoms with E-state index in [2.05, 4.69) is 57.7 Å². The molecular weight excluding hydrogens is 170 g/mol. The third kappa shape index (κ3) is 5.95. The Morgan fingerprint density at radius 1 is 1.21 bits per heavy atom. The molecule has 1 nitrogen and oxygen atoms in total. The van der Waals surface area contributed by atoms with Crippen molar-refractivity contribution in [2.75, 3.05) is 6.54 Å². The molecule has 1 unspecified atom stereocenters. The maximum atomic E-state index is 2.31. The molecule has 0 aromatic heterocycles. The molecule has 0 aromatic rings. The summed E-state index contributed by atoms with van der Waals surface area (Å²) in [4.78, 5) is 0. The van der Waals surface area contributed by atoms with Gasteiger partial charge in [-0.25, -0.2) is 4.58 Å². The van der Waals surface area contributed by atoms with Crippen molar-refractivity contribution in [1.82, 2.24) is 0 Å². The first-order chi connectivity index (χ1) is 6.61. The van der Waals surface area contributed by atoms with Crippen LogP contribution in [0.5, 0.6) is 0 Å². The van der Waals surface area contributed by atoms with Gasteiger partial charge in [0.1, 0.15) is 12.8 Å². The number of rotatable bonds is 6. The second kappa shape index (κ2) is 7.78. The van der Waals surface area contributed by atoms with Crippen molar-refractivity contribution in [2.45, 2.75) is 47.5 Å². The lowest BCUT2D eigenvalue weighted by atomic mass is 9.98. The summed E-state index contributed by atoms with van der Waals surface area (Å²) in [6, 6.07) is 0. The van der Waals surface area contributed by atoms with E-state index in [0.717, 1.165) is 12.5 Å². The normalized spacial score (nSPS) is 15.4. The van der Waals surface area contributed by atoms with Gasteiger partial charge >= 0.3 is 0 Å². The van der Waals surface area contributed by atoms with Crippen LogP contribution in [0.4, 0.5) is 0 Å². The van der Waals surface area contributed by atoms with Gasteiger partial charge in [-0.15, -0.1) is 0 Å². The van der Waals surface area contributed by atoms with E-state index in [1.54, 1.807) is 0 Å². The average molecular weight is 196 g/mol. The Labute approximate surface area is 89.5 Å². The SMILES string of the molecule is CC=[N+](/C=C\C(C)C(C)C)CCCC. The highest BCUT2D eigenvalue weighted by Gasteiger charge is 2.04. The zero-order valence-electron chi connectivity index (χ0n) is 10.5. The van der Waals surface area contributed by atoms with E-state index in [1.807, 2.05) is 0 Å². The second-order valence-electron chi connectivity index (χ2n) is 4.29. The van der Waals surface area contributed by atoms with Gasteiger partial charge in [0.15, 0.2) is 6.20 Å². The second-order valence-corrected chi connectivity index (χ2v) is 4.29. The molecule has 0 fully saturated rings. The fourth-order valence-corrected chi connectivity index (χ4v) is 1.10. The third-order valence-corrected chi connectivity index (χ3v) is 2.73. The summed E-state index contributed by atoms with van der Waals surface area (Å²) >= 11 is 0. The third-order valence-electron chi connectivity index (χ3n) is 2.73. The van der Waals surface area contributed by atoms with Crippen molar-refractivity contribution in [3.8, 4) is 0 Å². The summed E-state index contributed by atoms with van der Waals surface area (Å²) in [5.74, 6) is 1.40. The van der Waals surface area contributed by atoms with E-state index in [-0.39, 0.29) is 0 Å². The van der Waals surface area contributed by atoms with Gasteiger partial charge in [0.25, 0.3) is 0 Å². The predicted octanol–water partition coefficient (Wildman–Crippen LogP) is 3.70. The number of allylic oxidation sites excluding steroid dienone is 1. The molecule has 0 aliphatic heterocycles. The molecule has 0 heterocycles. The Morgan fingerprint density at radius 3 is 2.29 bits per heavy atom. The molecule has 1 atom stereocenters. The predicted molar refractivity (Wildman–Crippen MR) is 64.9 cm³/mol. The van der Waals surface area contributed by atoms with Gasteiger partial charge in [0, 0.05) is 13.3 Å². The molecule has 0 N–H and O–H groups in total. The lowest BCUT2D eigenvalue weighted by Gasteiger charge is -2.08. The van der Waals surface area contributed by atoms with Gasteiger partial charge in [-0.3, -0.25) is 0 Å².